The number of carbonyl (C=O) groups is 2. The Hall–Kier alpha value is -3.00. The van der Waals surface area contributed by atoms with Crippen LogP contribution in [0.5, 0.6) is 0 Å². The predicted molar refractivity (Wildman–Crippen MR) is 103 cm³/mol. The monoisotopic (exact) mass is 490 g/mol. The van der Waals surface area contributed by atoms with Crippen molar-refractivity contribution in [2.24, 2.45) is 0 Å². The second-order valence-electron chi connectivity index (χ2n) is 6.73. The van der Waals surface area contributed by atoms with E-state index in [1.807, 2.05) is 0 Å². The van der Waals surface area contributed by atoms with E-state index in [0.717, 1.165) is 0 Å². The normalized spacial score (nSPS) is 23.2. The Morgan fingerprint density at radius 1 is 0.909 bits per heavy atom. The van der Waals surface area contributed by atoms with Gasteiger partial charge in [-0.2, -0.15) is 21.6 Å². The smallest absolute Gasteiger partial charge is 0.459 e. The SMILES string of the molecule is O=C(OC[C@@H]1O[C@@H](O)[C@@H](OS(=O)(=O)C(F)(F)F)[C@H]1OC(=O)c1ccccc1)c1ccccc1. The fourth-order valence-electron chi connectivity index (χ4n) is 2.87. The highest BCUT2D eigenvalue weighted by atomic mass is 32.2. The molecule has 2 aromatic rings. The molecule has 1 aliphatic heterocycles. The van der Waals surface area contributed by atoms with E-state index in [-0.39, 0.29) is 11.1 Å². The Kier molecular flexibility index (Phi) is 7.37. The van der Waals surface area contributed by atoms with Crippen LogP contribution in [0.4, 0.5) is 13.2 Å². The second kappa shape index (κ2) is 9.87. The molecular formula is C20H17F3O9S. The highest BCUT2D eigenvalue weighted by molar-refractivity contribution is 7.87. The molecule has 1 fully saturated rings. The van der Waals surface area contributed by atoms with Crippen LogP contribution in [0.2, 0.25) is 0 Å². The van der Waals surface area contributed by atoms with Gasteiger partial charge in [0.2, 0.25) is 0 Å². The fraction of sp³-hybridized carbons (Fsp3) is 0.300. The number of alkyl halides is 3. The van der Waals surface area contributed by atoms with Crippen LogP contribution < -0.4 is 0 Å². The maximum atomic E-state index is 12.8. The van der Waals surface area contributed by atoms with E-state index in [1.165, 1.54) is 36.4 Å². The van der Waals surface area contributed by atoms with Gasteiger partial charge in [-0.25, -0.2) is 9.59 Å². The molecular weight excluding hydrogens is 473 g/mol. The van der Waals surface area contributed by atoms with E-state index in [1.54, 1.807) is 24.3 Å². The molecule has 178 valence electrons. The minimum Gasteiger partial charge on any atom is -0.459 e. The zero-order valence-electron chi connectivity index (χ0n) is 16.5. The van der Waals surface area contributed by atoms with Crippen molar-refractivity contribution in [1.29, 1.82) is 0 Å². The first-order valence-corrected chi connectivity index (χ1v) is 10.7. The number of carbonyl (C=O) groups excluding carboxylic acids is 2. The summed E-state index contributed by atoms with van der Waals surface area (Å²) in [5, 5.41) is 10.0. The van der Waals surface area contributed by atoms with E-state index >= 15 is 0 Å². The zero-order valence-corrected chi connectivity index (χ0v) is 17.4. The van der Waals surface area contributed by atoms with Gasteiger partial charge in [0, 0.05) is 0 Å². The van der Waals surface area contributed by atoms with Crippen molar-refractivity contribution in [3.63, 3.8) is 0 Å². The first kappa shape index (κ1) is 24.6. The number of benzene rings is 2. The molecule has 0 radical (unpaired) electrons. The molecule has 1 saturated heterocycles. The number of esters is 2. The number of halogens is 3. The summed E-state index contributed by atoms with van der Waals surface area (Å²) in [6.45, 7) is -0.691. The van der Waals surface area contributed by atoms with Crippen molar-refractivity contribution in [1.82, 2.24) is 0 Å². The van der Waals surface area contributed by atoms with E-state index in [0.29, 0.717) is 0 Å². The van der Waals surface area contributed by atoms with Gasteiger partial charge < -0.3 is 19.3 Å². The molecule has 1 heterocycles. The second-order valence-corrected chi connectivity index (χ2v) is 8.29. The summed E-state index contributed by atoms with van der Waals surface area (Å²) in [6, 6.07) is 14.9. The van der Waals surface area contributed by atoms with Crippen molar-refractivity contribution in [3.8, 4) is 0 Å². The zero-order chi connectivity index (χ0) is 24.2. The van der Waals surface area contributed by atoms with E-state index in [9.17, 15) is 36.3 Å². The molecule has 4 atom stereocenters. The quantitative estimate of drug-likeness (QED) is 0.352. The maximum Gasteiger partial charge on any atom is 0.523 e. The lowest BCUT2D eigenvalue weighted by Crippen LogP contribution is -2.43. The maximum absolute atomic E-state index is 12.8. The molecule has 0 saturated carbocycles. The van der Waals surface area contributed by atoms with E-state index < -0.39 is 58.8 Å². The first-order chi connectivity index (χ1) is 15.5. The molecule has 0 aromatic heterocycles. The average Bonchev–Trinajstić information content (AvgIpc) is 3.06. The van der Waals surface area contributed by atoms with Gasteiger partial charge in [-0.05, 0) is 24.3 Å². The third-order valence-electron chi connectivity index (χ3n) is 4.45. The third-order valence-corrected chi connectivity index (χ3v) is 5.49. The summed E-state index contributed by atoms with van der Waals surface area (Å²) in [6.07, 6.45) is -7.91. The number of ether oxygens (including phenoxy) is 3. The van der Waals surface area contributed by atoms with Crippen molar-refractivity contribution in [2.75, 3.05) is 6.61 Å². The highest BCUT2D eigenvalue weighted by Crippen LogP contribution is 2.33. The Morgan fingerprint density at radius 3 is 1.94 bits per heavy atom. The van der Waals surface area contributed by atoms with Crippen molar-refractivity contribution in [3.05, 3.63) is 71.8 Å². The predicted octanol–water partition coefficient (Wildman–Crippen LogP) is 2.02. The summed E-state index contributed by atoms with van der Waals surface area (Å²) in [4.78, 5) is 24.6. The van der Waals surface area contributed by atoms with Gasteiger partial charge in [0.05, 0.1) is 11.1 Å². The van der Waals surface area contributed by atoms with Crippen LogP contribution in [0.25, 0.3) is 0 Å². The number of hydrogen-bond acceptors (Lipinski definition) is 9. The van der Waals surface area contributed by atoms with Crippen molar-refractivity contribution < 1.29 is 54.7 Å². The number of aliphatic hydroxyl groups is 1. The van der Waals surface area contributed by atoms with Gasteiger partial charge in [-0.15, -0.1) is 0 Å². The molecule has 1 N–H and O–H groups in total. The average molecular weight is 490 g/mol. The molecule has 1 aliphatic rings. The summed E-state index contributed by atoms with van der Waals surface area (Å²) < 4.78 is 80.6. The van der Waals surface area contributed by atoms with Crippen LogP contribution in [0.15, 0.2) is 60.7 Å². The topological polar surface area (TPSA) is 125 Å². The minimum absolute atomic E-state index is 0.0173. The van der Waals surface area contributed by atoms with Crippen LogP contribution in [0, 0.1) is 0 Å². The van der Waals surface area contributed by atoms with Gasteiger partial charge in [0.25, 0.3) is 0 Å². The molecule has 0 aliphatic carbocycles. The molecule has 2 aromatic carbocycles. The van der Waals surface area contributed by atoms with Crippen LogP contribution >= 0.6 is 0 Å². The number of rotatable bonds is 7. The Labute approximate surface area is 185 Å². The van der Waals surface area contributed by atoms with Crippen molar-refractivity contribution in [2.45, 2.75) is 30.1 Å². The molecule has 9 nitrogen and oxygen atoms in total. The van der Waals surface area contributed by atoms with E-state index in [2.05, 4.69) is 4.18 Å². The Bertz CT molecular complexity index is 1070. The van der Waals surface area contributed by atoms with E-state index in [4.69, 9.17) is 14.2 Å². The van der Waals surface area contributed by atoms with Crippen LogP contribution in [-0.2, 0) is 28.5 Å². The summed E-state index contributed by atoms with van der Waals surface area (Å²) >= 11 is 0. The molecule has 0 amide bonds. The standard InChI is InChI=1S/C20H17F3O9S/c21-20(22,23)33(27,28)32-16-15(31-18(25)13-9-5-2-6-10-13)14(30-19(16)26)11-29-17(24)12-7-3-1-4-8-12/h1-10,14-16,19,26H,11H2/t14-,15-,16-,19+/m0/s1. The number of hydrogen-bond donors (Lipinski definition) is 1. The Morgan fingerprint density at radius 2 is 1.42 bits per heavy atom. The van der Waals surface area contributed by atoms with Crippen LogP contribution in [0.3, 0.4) is 0 Å². The van der Waals surface area contributed by atoms with Crippen molar-refractivity contribution >= 4 is 22.1 Å². The number of aliphatic hydroxyl groups excluding tert-OH is 1. The van der Waals surface area contributed by atoms with Gasteiger partial charge in [-0.1, -0.05) is 36.4 Å². The molecule has 33 heavy (non-hydrogen) atoms. The van der Waals surface area contributed by atoms with Gasteiger partial charge in [-0.3, -0.25) is 4.18 Å². The lowest BCUT2D eigenvalue weighted by atomic mass is 10.1. The van der Waals surface area contributed by atoms with Crippen LogP contribution in [0.1, 0.15) is 20.7 Å². The van der Waals surface area contributed by atoms with Gasteiger partial charge in [0.1, 0.15) is 12.7 Å². The minimum atomic E-state index is -6.18. The molecule has 13 heteroatoms. The van der Waals surface area contributed by atoms with Gasteiger partial charge >= 0.3 is 27.6 Å². The molecule has 0 unspecified atom stereocenters. The largest absolute Gasteiger partial charge is 0.523 e. The lowest BCUT2D eigenvalue weighted by Gasteiger charge is -2.23. The van der Waals surface area contributed by atoms with Gasteiger partial charge in [0.15, 0.2) is 18.5 Å². The van der Waals surface area contributed by atoms with Crippen LogP contribution in [-0.4, -0.2) is 62.2 Å². The summed E-state index contributed by atoms with van der Waals surface area (Å²) in [5.41, 5.74) is -5.68. The first-order valence-electron chi connectivity index (χ1n) is 9.31. The molecule has 0 spiro atoms. The Balaban J connectivity index is 1.81. The fourth-order valence-corrected chi connectivity index (χ4v) is 3.48. The summed E-state index contributed by atoms with van der Waals surface area (Å²) in [7, 11) is -6.18. The highest BCUT2D eigenvalue weighted by Gasteiger charge is 2.56. The summed E-state index contributed by atoms with van der Waals surface area (Å²) in [5.74, 6) is -1.90. The molecule has 3 rings (SSSR count). The lowest BCUT2D eigenvalue weighted by molar-refractivity contribution is -0.132. The third kappa shape index (κ3) is 5.87. The molecule has 0 bridgehead atoms.